The van der Waals surface area contributed by atoms with Gasteiger partial charge in [0.05, 0.1) is 6.54 Å². The molecule has 1 aliphatic heterocycles. The first-order valence-electron chi connectivity index (χ1n) is 7.08. The monoisotopic (exact) mass is 254 g/mol. The molecule has 2 atom stereocenters. The number of aliphatic imine (C=N–C) groups is 1. The van der Waals surface area contributed by atoms with Crippen molar-refractivity contribution >= 4 is 5.96 Å². The molecule has 1 aliphatic rings. The van der Waals surface area contributed by atoms with Crippen molar-refractivity contribution in [2.75, 3.05) is 41.3 Å². The van der Waals surface area contributed by atoms with Gasteiger partial charge in [-0.25, -0.2) is 0 Å². The van der Waals surface area contributed by atoms with Gasteiger partial charge in [-0.15, -0.1) is 0 Å². The van der Waals surface area contributed by atoms with Gasteiger partial charge in [0.1, 0.15) is 0 Å². The van der Waals surface area contributed by atoms with Crippen LogP contribution in [0.5, 0.6) is 0 Å². The molecule has 1 rings (SSSR count). The summed E-state index contributed by atoms with van der Waals surface area (Å²) < 4.78 is 0. The summed E-state index contributed by atoms with van der Waals surface area (Å²) in [5, 5.41) is 0. The van der Waals surface area contributed by atoms with Crippen LogP contribution in [0.2, 0.25) is 0 Å². The lowest BCUT2D eigenvalue weighted by atomic mass is 10.0. The highest BCUT2D eigenvalue weighted by Gasteiger charge is 2.22. The Morgan fingerprint density at radius 1 is 1.22 bits per heavy atom. The fourth-order valence-corrected chi connectivity index (χ4v) is 2.78. The SMILES string of the molecule is CC1CCCCN1C(C)CN=C(N(C)C)N(C)C. The summed E-state index contributed by atoms with van der Waals surface area (Å²) in [5.74, 6) is 1.05. The molecule has 1 saturated heterocycles. The Labute approximate surface area is 113 Å². The third-order valence-electron chi connectivity index (χ3n) is 3.72. The molecule has 4 nitrogen and oxygen atoms in total. The maximum absolute atomic E-state index is 4.76. The summed E-state index contributed by atoms with van der Waals surface area (Å²) in [6.45, 7) is 6.76. The quantitative estimate of drug-likeness (QED) is 0.566. The summed E-state index contributed by atoms with van der Waals surface area (Å²) >= 11 is 0. The molecule has 2 unspecified atom stereocenters. The van der Waals surface area contributed by atoms with Crippen LogP contribution in [0, 0.1) is 0 Å². The van der Waals surface area contributed by atoms with Gasteiger partial charge in [0.25, 0.3) is 0 Å². The van der Waals surface area contributed by atoms with E-state index < -0.39 is 0 Å². The Bertz CT molecular complexity index is 263. The third kappa shape index (κ3) is 4.16. The molecule has 0 aliphatic carbocycles. The number of rotatable bonds is 3. The van der Waals surface area contributed by atoms with E-state index in [0.717, 1.165) is 12.5 Å². The third-order valence-corrected chi connectivity index (χ3v) is 3.72. The highest BCUT2D eigenvalue weighted by molar-refractivity contribution is 5.79. The van der Waals surface area contributed by atoms with Gasteiger partial charge in [-0.2, -0.15) is 0 Å². The van der Waals surface area contributed by atoms with E-state index in [0.29, 0.717) is 12.1 Å². The average Bonchev–Trinajstić information content (AvgIpc) is 2.28. The summed E-state index contributed by atoms with van der Waals surface area (Å²) in [7, 11) is 8.19. The van der Waals surface area contributed by atoms with Gasteiger partial charge < -0.3 is 9.80 Å². The smallest absolute Gasteiger partial charge is 0.195 e. The maximum Gasteiger partial charge on any atom is 0.195 e. The zero-order chi connectivity index (χ0) is 13.7. The van der Waals surface area contributed by atoms with Crippen LogP contribution in [0.25, 0.3) is 0 Å². The van der Waals surface area contributed by atoms with Crippen molar-refractivity contribution in [3.8, 4) is 0 Å². The molecule has 0 aromatic rings. The molecule has 106 valence electrons. The second-order valence-corrected chi connectivity index (χ2v) is 5.86. The van der Waals surface area contributed by atoms with Gasteiger partial charge >= 0.3 is 0 Å². The van der Waals surface area contributed by atoms with Gasteiger partial charge in [0.15, 0.2) is 5.96 Å². The van der Waals surface area contributed by atoms with Crippen LogP contribution in [0.1, 0.15) is 33.1 Å². The Balaban J connectivity index is 2.57. The van der Waals surface area contributed by atoms with Crippen molar-refractivity contribution in [2.45, 2.75) is 45.2 Å². The molecular formula is C14H30N4. The largest absolute Gasteiger partial charge is 0.349 e. The highest BCUT2D eigenvalue weighted by atomic mass is 15.3. The summed E-state index contributed by atoms with van der Waals surface area (Å²) in [4.78, 5) is 11.5. The molecule has 1 fully saturated rings. The molecule has 0 N–H and O–H groups in total. The predicted molar refractivity (Wildman–Crippen MR) is 79.2 cm³/mol. The van der Waals surface area contributed by atoms with Gasteiger partial charge in [0, 0.05) is 40.3 Å². The van der Waals surface area contributed by atoms with Crippen molar-refractivity contribution in [2.24, 2.45) is 4.99 Å². The molecule has 0 bridgehead atoms. The Kier molecular flexibility index (Phi) is 5.93. The van der Waals surface area contributed by atoms with E-state index in [-0.39, 0.29) is 0 Å². The molecule has 0 amide bonds. The van der Waals surface area contributed by atoms with Crippen molar-refractivity contribution in [3.63, 3.8) is 0 Å². The standard InChI is InChI=1S/C14H30N4/c1-12-9-7-8-10-18(12)13(2)11-15-14(16(3)4)17(5)6/h12-13H,7-11H2,1-6H3. The zero-order valence-electron chi connectivity index (χ0n) is 13.0. The molecule has 0 saturated carbocycles. The first-order chi connectivity index (χ1) is 8.43. The van der Waals surface area contributed by atoms with Crippen LogP contribution in [0.3, 0.4) is 0 Å². The second-order valence-electron chi connectivity index (χ2n) is 5.86. The molecule has 0 aromatic heterocycles. The minimum atomic E-state index is 0.537. The molecule has 18 heavy (non-hydrogen) atoms. The molecular weight excluding hydrogens is 224 g/mol. The topological polar surface area (TPSA) is 22.1 Å². The first kappa shape index (κ1) is 15.3. The van der Waals surface area contributed by atoms with Gasteiger partial charge in [-0.05, 0) is 33.2 Å². The summed E-state index contributed by atoms with van der Waals surface area (Å²) in [5.41, 5.74) is 0. The van der Waals surface area contributed by atoms with Crippen molar-refractivity contribution in [1.82, 2.24) is 14.7 Å². The van der Waals surface area contributed by atoms with Crippen LogP contribution in [0.15, 0.2) is 4.99 Å². The lowest BCUT2D eigenvalue weighted by Crippen LogP contribution is -2.45. The second kappa shape index (κ2) is 6.98. The van der Waals surface area contributed by atoms with Crippen LogP contribution in [-0.2, 0) is 0 Å². The highest BCUT2D eigenvalue weighted by Crippen LogP contribution is 2.19. The van der Waals surface area contributed by atoms with Crippen molar-refractivity contribution < 1.29 is 0 Å². The number of hydrogen-bond donors (Lipinski definition) is 0. The number of piperidine rings is 1. The molecule has 0 aromatic carbocycles. The lowest BCUT2D eigenvalue weighted by molar-refractivity contribution is 0.118. The van der Waals surface area contributed by atoms with Crippen LogP contribution in [0.4, 0.5) is 0 Å². The van der Waals surface area contributed by atoms with E-state index in [9.17, 15) is 0 Å². The molecule has 4 heteroatoms. The summed E-state index contributed by atoms with van der Waals surface area (Å²) in [6.07, 6.45) is 4.06. The van der Waals surface area contributed by atoms with Crippen LogP contribution in [-0.4, -0.2) is 74.0 Å². The van der Waals surface area contributed by atoms with Crippen molar-refractivity contribution in [3.05, 3.63) is 0 Å². The molecule has 1 heterocycles. The maximum atomic E-state index is 4.76. The van der Waals surface area contributed by atoms with E-state index in [1.807, 2.05) is 28.2 Å². The number of hydrogen-bond acceptors (Lipinski definition) is 2. The average molecular weight is 254 g/mol. The predicted octanol–water partition coefficient (Wildman–Crippen LogP) is 1.73. The minimum absolute atomic E-state index is 0.537. The van der Waals surface area contributed by atoms with E-state index in [4.69, 9.17) is 4.99 Å². The fraction of sp³-hybridized carbons (Fsp3) is 0.929. The Hall–Kier alpha value is -0.770. The van der Waals surface area contributed by atoms with Crippen LogP contribution < -0.4 is 0 Å². The van der Waals surface area contributed by atoms with Crippen LogP contribution >= 0.6 is 0 Å². The minimum Gasteiger partial charge on any atom is -0.349 e. The zero-order valence-corrected chi connectivity index (χ0v) is 13.0. The normalized spacial score (nSPS) is 22.4. The van der Waals surface area contributed by atoms with Gasteiger partial charge in [-0.1, -0.05) is 6.42 Å². The van der Waals surface area contributed by atoms with Gasteiger partial charge in [-0.3, -0.25) is 9.89 Å². The lowest BCUT2D eigenvalue weighted by Gasteiger charge is -2.37. The molecule has 0 radical (unpaired) electrons. The van der Waals surface area contributed by atoms with Crippen molar-refractivity contribution in [1.29, 1.82) is 0 Å². The number of nitrogens with zero attached hydrogens (tertiary/aromatic N) is 4. The summed E-state index contributed by atoms with van der Waals surface area (Å²) in [6, 6.07) is 1.25. The van der Waals surface area contributed by atoms with E-state index in [2.05, 4.69) is 28.5 Å². The Morgan fingerprint density at radius 3 is 2.33 bits per heavy atom. The van der Waals surface area contributed by atoms with E-state index in [1.54, 1.807) is 0 Å². The van der Waals surface area contributed by atoms with Gasteiger partial charge in [0.2, 0.25) is 0 Å². The van der Waals surface area contributed by atoms with E-state index >= 15 is 0 Å². The fourth-order valence-electron chi connectivity index (χ4n) is 2.78. The Morgan fingerprint density at radius 2 is 1.83 bits per heavy atom. The molecule has 0 spiro atoms. The number of likely N-dealkylation sites (tertiary alicyclic amines) is 1. The van der Waals surface area contributed by atoms with E-state index in [1.165, 1.54) is 25.8 Å². The first-order valence-corrected chi connectivity index (χ1v) is 7.08. The number of guanidine groups is 1.